The first-order chi connectivity index (χ1) is 11.4. The van der Waals surface area contributed by atoms with Crippen LogP contribution in [0.4, 0.5) is 8.78 Å². The molecule has 0 aliphatic carbocycles. The first-order valence-electron chi connectivity index (χ1n) is 7.20. The van der Waals surface area contributed by atoms with Gasteiger partial charge in [0, 0.05) is 6.54 Å². The predicted molar refractivity (Wildman–Crippen MR) is 82.3 cm³/mol. The highest BCUT2D eigenvalue weighted by atomic mass is 19.3. The summed E-state index contributed by atoms with van der Waals surface area (Å²) in [6.07, 6.45) is 0.465. The molecule has 132 valence electrons. The molecule has 0 saturated carbocycles. The Morgan fingerprint density at radius 1 is 1.33 bits per heavy atom. The van der Waals surface area contributed by atoms with Gasteiger partial charge in [-0.05, 0) is 32.0 Å². The molecular weight excluding hydrogens is 324 g/mol. The Morgan fingerprint density at radius 2 is 2.04 bits per heavy atom. The van der Waals surface area contributed by atoms with Gasteiger partial charge < -0.3 is 19.5 Å². The Kier molecular flexibility index (Phi) is 7.67. The SMILES string of the molecule is C=CCNC(=O)[C@H](C)OC(=O)c1ccc(OC(F)F)c(OCC)c1. The molecule has 24 heavy (non-hydrogen) atoms. The summed E-state index contributed by atoms with van der Waals surface area (Å²) in [7, 11) is 0. The van der Waals surface area contributed by atoms with Gasteiger partial charge in [0.25, 0.3) is 5.91 Å². The molecule has 0 bridgehead atoms. The fourth-order valence-electron chi connectivity index (χ4n) is 1.70. The van der Waals surface area contributed by atoms with Crippen LogP contribution in [0.5, 0.6) is 11.5 Å². The van der Waals surface area contributed by atoms with E-state index in [1.54, 1.807) is 6.92 Å². The Morgan fingerprint density at radius 3 is 2.62 bits per heavy atom. The molecule has 1 rings (SSSR count). The van der Waals surface area contributed by atoms with Crippen molar-refractivity contribution in [3.05, 3.63) is 36.4 Å². The third-order valence-electron chi connectivity index (χ3n) is 2.77. The van der Waals surface area contributed by atoms with Gasteiger partial charge in [0.1, 0.15) is 0 Å². The van der Waals surface area contributed by atoms with Crippen LogP contribution in [0.2, 0.25) is 0 Å². The van der Waals surface area contributed by atoms with Gasteiger partial charge in [0.2, 0.25) is 0 Å². The molecule has 0 spiro atoms. The number of rotatable bonds is 9. The quantitative estimate of drug-likeness (QED) is 0.551. The number of hydrogen-bond donors (Lipinski definition) is 1. The maximum Gasteiger partial charge on any atom is 0.387 e. The van der Waals surface area contributed by atoms with E-state index in [0.29, 0.717) is 0 Å². The van der Waals surface area contributed by atoms with E-state index in [-0.39, 0.29) is 30.2 Å². The van der Waals surface area contributed by atoms with Crippen LogP contribution in [0.25, 0.3) is 0 Å². The minimum absolute atomic E-state index is 0.0176. The van der Waals surface area contributed by atoms with Gasteiger partial charge >= 0.3 is 12.6 Å². The number of hydrogen-bond acceptors (Lipinski definition) is 5. The molecule has 0 radical (unpaired) electrons. The van der Waals surface area contributed by atoms with Gasteiger partial charge in [0.05, 0.1) is 12.2 Å². The zero-order valence-electron chi connectivity index (χ0n) is 13.4. The fraction of sp³-hybridized carbons (Fsp3) is 0.375. The molecule has 0 aliphatic heterocycles. The van der Waals surface area contributed by atoms with Gasteiger partial charge in [-0.1, -0.05) is 6.08 Å². The van der Waals surface area contributed by atoms with Crippen LogP contribution in [0, 0.1) is 0 Å². The number of nitrogens with one attached hydrogen (secondary N) is 1. The molecular formula is C16H19F2NO5. The number of benzene rings is 1. The lowest BCUT2D eigenvalue weighted by molar-refractivity contribution is -0.128. The van der Waals surface area contributed by atoms with Crippen molar-refractivity contribution >= 4 is 11.9 Å². The van der Waals surface area contributed by atoms with Crippen molar-refractivity contribution in [2.45, 2.75) is 26.6 Å². The van der Waals surface area contributed by atoms with Crippen molar-refractivity contribution < 1.29 is 32.6 Å². The Hall–Kier alpha value is -2.64. The average Bonchev–Trinajstić information content (AvgIpc) is 2.53. The lowest BCUT2D eigenvalue weighted by atomic mass is 10.2. The van der Waals surface area contributed by atoms with Crippen molar-refractivity contribution in [3.8, 4) is 11.5 Å². The van der Waals surface area contributed by atoms with Crippen molar-refractivity contribution in [3.63, 3.8) is 0 Å². The van der Waals surface area contributed by atoms with Gasteiger partial charge in [-0.2, -0.15) is 8.78 Å². The molecule has 6 nitrogen and oxygen atoms in total. The third-order valence-corrected chi connectivity index (χ3v) is 2.77. The van der Waals surface area contributed by atoms with E-state index in [2.05, 4.69) is 16.6 Å². The number of ether oxygens (including phenoxy) is 3. The molecule has 0 aliphatic rings. The fourth-order valence-corrected chi connectivity index (χ4v) is 1.70. The van der Waals surface area contributed by atoms with E-state index >= 15 is 0 Å². The van der Waals surface area contributed by atoms with E-state index in [0.717, 1.165) is 0 Å². The number of carbonyl (C=O) groups is 2. The first-order valence-corrected chi connectivity index (χ1v) is 7.20. The Balaban J connectivity index is 2.84. The summed E-state index contributed by atoms with van der Waals surface area (Å²) in [5, 5.41) is 2.49. The normalized spacial score (nSPS) is 11.5. The van der Waals surface area contributed by atoms with Crippen LogP contribution in [0.1, 0.15) is 24.2 Å². The van der Waals surface area contributed by atoms with Gasteiger partial charge in [0.15, 0.2) is 17.6 Å². The van der Waals surface area contributed by atoms with E-state index in [1.807, 2.05) is 0 Å². The smallest absolute Gasteiger partial charge is 0.387 e. The second-order valence-electron chi connectivity index (χ2n) is 4.55. The van der Waals surface area contributed by atoms with Crippen molar-refractivity contribution in [1.82, 2.24) is 5.32 Å². The molecule has 0 saturated heterocycles. The van der Waals surface area contributed by atoms with Crippen molar-refractivity contribution in [2.75, 3.05) is 13.2 Å². The zero-order valence-corrected chi connectivity index (χ0v) is 13.4. The lowest BCUT2D eigenvalue weighted by Crippen LogP contribution is -2.35. The second-order valence-corrected chi connectivity index (χ2v) is 4.55. The van der Waals surface area contributed by atoms with Crippen LogP contribution in [0.15, 0.2) is 30.9 Å². The van der Waals surface area contributed by atoms with Crippen LogP contribution in [0.3, 0.4) is 0 Å². The highest BCUT2D eigenvalue weighted by Crippen LogP contribution is 2.30. The summed E-state index contributed by atoms with van der Waals surface area (Å²) in [5.74, 6) is -1.48. The summed E-state index contributed by atoms with van der Waals surface area (Å²) in [6, 6.07) is 3.64. The van der Waals surface area contributed by atoms with Crippen LogP contribution < -0.4 is 14.8 Å². The molecule has 1 atom stereocenters. The standard InChI is InChI=1S/C16H19F2NO5/c1-4-8-19-14(20)10(3)23-15(21)11-6-7-12(24-16(17)18)13(9-11)22-5-2/h4,6-7,9-10,16H,1,5,8H2,2-3H3,(H,19,20)/t10-/m0/s1. The molecule has 0 heterocycles. The van der Waals surface area contributed by atoms with E-state index in [9.17, 15) is 18.4 Å². The molecule has 1 aromatic rings. The Labute approximate surface area is 138 Å². The summed E-state index contributed by atoms with van der Waals surface area (Å²) in [6.45, 7) is 3.94. The Bertz CT molecular complexity index is 592. The van der Waals surface area contributed by atoms with Gasteiger partial charge in [-0.25, -0.2) is 4.79 Å². The van der Waals surface area contributed by atoms with Crippen molar-refractivity contribution in [1.29, 1.82) is 0 Å². The van der Waals surface area contributed by atoms with Crippen LogP contribution in [-0.2, 0) is 9.53 Å². The third kappa shape index (κ3) is 5.86. The average molecular weight is 343 g/mol. The summed E-state index contributed by atoms with van der Waals surface area (Å²) in [5.41, 5.74) is 0.0448. The molecule has 1 N–H and O–H groups in total. The molecule has 1 amide bonds. The molecule has 0 aromatic heterocycles. The predicted octanol–water partition coefficient (Wildman–Crippen LogP) is 2.53. The number of esters is 1. The van der Waals surface area contributed by atoms with Gasteiger partial charge in [-0.15, -0.1) is 6.58 Å². The molecule has 0 unspecified atom stereocenters. The highest BCUT2D eigenvalue weighted by molar-refractivity contribution is 5.92. The first kappa shape index (κ1) is 19.4. The zero-order chi connectivity index (χ0) is 18.1. The highest BCUT2D eigenvalue weighted by Gasteiger charge is 2.20. The van der Waals surface area contributed by atoms with E-state index in [4.69, 9.17) is 9.47 Å². The maximum atomic E-state index is 12.3. The molecule has 8 heteroatoms. The summed E-state index contributed by atoms with van der Waals surface area (Å²) >= 11 is 0. The summed E-state index contributed by atoms with van der Waals surface area (Å²) < 4.78 is 39.2. The van der Waals surface area contributed by atoms with E-state index < -0.39 is 24.6 Å². The second kappa shape index (κ2) is 9.49. The van der Waals surface area contributed by atoms with Crippen LogP contribution in [-0.4, -0.2) is 37.7 Å². The topological polar surface area (TPSA) is 73.9 Å². The van der Waals surface area contributed by atoms with Crippen molar-refractivity contribution in [2.24, 2.45) is 0 Å². The van der Waals surface area contributed by atoms with E-state index in [1.165, 1.54) is 31.2 Å². The number of carbonyl (C=O) groups excluding carboxylic acids is 2. The largest absolute Gasteiger partial charge is 0.490 e. The van der Waals surface area contributed by atoms with Gasteiger partial charge in [-0.3, -0.25) is 4.79 Å². The molecule has 1 aromatic carbocycles. The number of alkyl halides is 2. The lowest BCUT2D eigenvalue weighted by Gasteiger charge is -2.15. The number of halogens is 2. The van der Waals surface area contributed by atoms with Crippen LogP contribution >= 0.6 is 0 Å². The minimum atomic E-state index is -3.02. The maximum absolute atomic E-state index is 12.3. The number of amides is 1. The molecule has 0 fully saturated rings. The minimum Gasteiger partial charge on any atom is -0.490 e. The summed E-state index contributed by atoms with van der Waals surface area (Å²) in [4.78, 5) is 23.7. The monoisotopic (exact) mass is 343 g/mol.